The van der Waals surface area contributed by atoms with E-state index in [2.05, 4.69) is 0 Å². The van der Waals surface area contributed by atoms with Crippen LogP contribution in [-0.4, -0.2) is 18.2 Å². The second kappa shape index (κ2) is 6.02. The smallest absolute Gasteiger partial charge is 0.347 e. The molecule has 0 unspecified atom stereocenters. The number of hydrogen-bond donors (Lipinski definition) is 1. The van der Waals surface area contributed by atoms with Crippen molar-refractivity contribution < 1.29 is 19.4 Å². The third-order valence-corrected chi connectivity index (χ3v) is 2.57. The lowest BCUT2D eigenvalue weighted by Gasteiger charge is -2.06. The number of benzene rings is 2. The molecule has 98 valence electrons. The summed E-state index contributed by atoms with van der Waals surface area (Å²) in [5.74, 6) is -0.255. The van der Waals surface area contributed by atoms with Crippen LogP contribution in [0.2, 0.25) is 0 Å². The maximum Gasteiger partial charge on any atom is 0.347 e. The summed E-state index contributed by atoms with van der Waals surface area (Å²) in [7, 11) is 1.62. The molecule has 2 rings (SSSR count). The van der Waals surface area contributed by atoms with Crippen molar-refractivity contribution in [3.05, 3.63) is 59.7 Å². The van der Waals surface area contributed by atoms with Crippen LogP contribution in [0.5, 0.6) is 11.5 Å². The number of phenols is 1. The van der Waals surface area contributed by atoms with Gasteiger partial charge in [-0.2, -0.15) is 0 Å². The number of para-hydroxylation sites is 1. The van der Waals surface area contributed by atoms with Gasteiger partial charge in [0, 0.05) is 7.11 Å². The first kappa shape index (κ1) is 13.1. The average molecular weight is 258 g/mol. The molecule has 0 aliphatic carbocycles. The maximum atomic E-state index is 11.8. The minimum absolute atomic E-state index is 0.0940. The van der Waals surface area contributed by atoms with E-state index in [-0.39, 0.29) is 11.3 Å². The van der Waals surface area contributed by atoms with E-state index >= 15 is 0 Å². The van der Waals surface area contributed by atoms with Gasteiger partial charge in [0.2, 0.25) is 0 Å². The Morgan fingerprint density at radius 2 is 1.79 bits per heavy atom. The van der Waals surface area contributed by atoms with Crippen molar-refractivity contribution in [3.8, 4) is 11.5 Å². The molecular weight excluding hydrogens is 244 g/mol. The van der Waals surface area contributed by atoms with E-state index in [0.29, 0.717) is 12.4 Å². The Morgan fingerprint density at radius 1 is 1.11 bits per heavy atom. The quantitative estimate of drug-likeness (QED) is 0.676. The van der Waals surface area contributed by atoms with Gasteiger partial charge in [-0.15, -0.1) is 0 Å². The number of phenolic OH excluding ortho intramolecular Hbond substituents is 1. The van der Waals surface area contributed by atoms with Crippen molar-refractivity contribution in [1.29, 1.82) is 0 Å². The molecule has 4 heteroatoms. The predicted molar refractivity (Wildman–Crippen MR) is 70.2 cm³/mol. The van der Waals surface area contributed by atoms with Crippen LogP contribution < -0.4 is 4.74 Å². The molecule has 0 amide bonds. The van der Waals surface area contributed by atoms with Gasteiger partial charge in [0.05, 0.1) is 6.61 Å². The molecule has 4 nitrogen and oxygen atoms in total. The lowest BCUT2D eigenvalue weighted by atomic mass is 10.2. The predicted octanol–water partition coefficient (Wildman–Crippen LogP) is 2.76. The van der Waals surface area contributed by atoms with E-state index in [9.17, 15) is 9.90 Å². The van der Waals surface area contributed by atoms with E-state index in [4.69, 9.17) is 9.47 Å². The molecule has 2 aromatic carbocycles. The highest BCUT2D eigenvalue weighted by Crippen LogP contribution is 2.19. The highest BCUT2D eigenvalue weighted by molar-refractivity contribution is 5.93. The van der Waals surface area contributed by atoms with Gasteiger partial charge in [0.25, 0.3) is 0 Å². The highest BCUT2D eigenvalue weighted by atomic mass is 16.5. The van der Waals surface area contributed by atoms with Crippen molar-refractivity contribution in [3.63, 3.8) is 0 Å². The van der Waals surface area contributed by atoms with Crippen LogP contribution in [0, 0.1) is 0 Å². The van der Waals surface area contributed by atoms with Gasteiger partial charge < -0.3 is 14.6 Å². The molecule has 0 radical (unpaired) electrons. The van der Waals surface area contributed by atoms with Gasteiger partial charge >= 0.3 is 5.97 Å². The summed E-state index contributed by atoms with van der Waals surface area (Å²) in [5, 5.41) is 9.56. The molecule has 0 bridgehead atoms. The lowest BCUT2D eigenvalue weighted by molar-refractivity contribution is 0.0731. The largest absolute Gasteiger partial charge is 0.507 e. The Morgan fingerprint density at radius 3 is 2.42 bits per heavy atom. The highest BCUT2D eigenvalue weighted by Gasteiger charge is 2.12. The fraction of sp³-hybridized carbons (Fsp3) is 0.133. The van der Waals surface area contributed by atoms with Gasteiger partial charge in [-0.1, -0.05) is 24.3 Å². The Kier molecular flexibility index (Phi) is 4.15. The third kappa shape index (κ3) is 3.33. The topological polar surface area (TPSA) is 55.8 Å². The normalized spacial score (nSPS) is 10.2. The molecule has 2 aromatic rings. The van der Waals surface area contributed by atoms with E-state index in [0.717, 1.165) is 5.56 Å². The number of esters is 1. The van der Waals surface area contributed by atoms with Crippen molar-refractivity contribution in [2.45, 2.75) is 6.61 Å². The third-order valence-electron chi connectivity index (χ3n) is 2.57. The molecule has 19 heavy (non-hydrogen) atoms. The number of methoxy groups -OCH3 is 1. The van der Waals surface area contributed by atoms with Crippen LogP contribution in [0.1, 0.15) is 15.9 Å². The number of hydrogen-bond acceptors (Lipinski definition) is 4. The average Bonchev–Trinajstić information content (AvgIpc) is 2.42. The summed E-state index contributed by atoms with van der Waals surface area (Å²) in [4.78, 5) is 11.8. The lowest BCUT2D eigenvalue weighted by Crippen LogP contribution is -2.08. The van der Waals surface area contributed by atoms with Crippen LogP contribution in [0.25, 0.3) is 0 Å². The molecule has 0 aliphatic rings. The van der Waals surface area contributed by atoms with E-state index in [1.165, 1.54) is 12.1 Å². The van der Waals surface area contributed by atoms with Crippen LogP contribution in [0.3, 0.4) is 0 Å². The fourth-order valence-corrected chi connectivity index (χ4v) is 1.63. The monoisotopic (exact) mass is 258 g/mol. The molecule has 0 fully saturated rings. The summed E-state index contributed by atoms with van der Waals surface area (Å²) in [6, 6.07) is 13.3. The second-order valence-corrected chi connectivity index (χ2v) is 3.98. The van der Waals surface area contributed by atoms with Gasteiger partial charge in [-0.25, -0.2) is 4.79 Å². The van der Waals surface area contributed by atoms with E-state index in [1.807, 2.05) is 12.1 Å². The van der Waals surface area contributed by atoms with Crippen LogP contribution in [0.4, 0.5) is 0 Å². The molecule has 0 atom stereocenters. The minimum Gasteiger partial charge on any atom is -0.507 e. The first-order valence-corrected chi connectivity index (χ1v) is 5.79. The molecule has 0 aliphatic heterocycles. The summed E-state index contributed by atoms with van der Waals surface area (Å²) in [6.07, 6.45) is 0. The van der Waals surface area contributed by atoms with Gasteiger partial charge in [-0.05, 0) is 29.8 Å². The molecular formula is C15H14O4. The first-order valence-electron chi connectivity index (χ1n) is 5.79. The van der Waals surface area contributed by atoms with Crippen LogP contribution >= 0.6 is 0 Å². The zero-order valence-corrected chi connectivity index (χ0v) is 10.5. The fourth-order valence-electron chi connectivity index (χ4n) is 1.63. The molecule has 0 spiro atoms. The maximum absolute atomic E-state index is 11.8. The Labute approximate surface area is 111 Å². The van der Waals surface area contributed by atoms with Crippen molar-refractivity contribution in [2.75, 3.05) is 7.11 Å². The minimum atomic E-state index is -0.586. The number of rotatable bonds is 4. The van der Waals surface area contributed by atoms with Crippen LogP contribution in [0.15, 0.2) is 48.5 Å². The Balaban J connectivity index is 2.09. The summed E-state index contributed by atoms with van der Waals surface area (Å²) in [5.41, 5.74) is 1.13. The van der Waals surface area contributed by atoms with Gasteiger partial charge in [0.15, 0.2) is 0 Å². The Bertz CT molecular complexity index is 561. The first-order chi connectivity index (χ1) is 9.20. The van der Waals surface area contributed by atoms with Gasteiger partial charge in [-0.3, -0.25) is 0 Å². The number of aromatic hydroxyl groups is 1. The number of ether oxygens (including phenoxy) is 2. The zero-order valence-electron chi connectivity index (χ0n) is 10.5. The number of carbonyl (C=O) groups excluding carboxylic acids is 1. The van der Waals surface area contributed by atoms with Crippen molar-refractivity contribution in [1.82, 2.24) is 0 Å². The molecule has 0 saturated heterocycles. The second-order valence-electron chi connectivity index (χ2n) is 3.98. The molecule has 0 aromatic heterocycles. The Hall–Kier alpha value is -2.33. The summed E-state index contributed by atoms with van der Waals surface area (Å²) < 4.78 is 10.2. The summed E-state index contributed by atoms with van der Waals surface area (Å²) in [6.45, 7) is 0.508. The van der Waals surface area contributed by atoms with Gasteiger partial charge in [0.1, 0.15) is 17.1 Å². The summed E-state index contributed by atoms with van der Waals surface area (Å²) >= 11 is 0. The van der Waals surface area contributed by atoms with E-state index in [1.54, 1.807) is 31.4 Å². The SMILES string of the molecule is COCc1ccc(OC(=O)c2ccccc2O)cc1. The molecule has 0 saturated carbocycles. The standard InChI is InChI=1S/C15H14O4/c1-18-10-11-6-8-12(9-7-11)19-15(17)13-4-2-3-5-14(13)16/h2-9,16H,10H2,1H3. The molecule has 1 N–H and O–H groups in total. The molecule has 0 heterocycles. The van der Waals surface area contributed by atoms with E-state index < -0.39 is 5.97 Å². The van der Waals surface area contributed by atoms with Crippen LogP contribution in [-0.2, 0) is 11.3 Å². The van der Waals surface area contributed by atoms with Crippen molar-refractivity contribution >= 4 is 5.97 Å². The number of carbonyl (C=O) groups is 1. The zero-order chi connectivity index (χ0) is 13.7. The van der Waals surface area contributed by atoms with Crippen molar-refractivity contribution in [2.24, 2.45) is 0 Å².